The largest absolute Gasteiger partial charge is 0.375 e. The number of anilines is 4. The zero-order valence-electron chi connectivity index (χ0n) is 15.8. The van der Waals surface area contributed by atoms with Crippen LogP contribution in [0.15, 0.2) is 30.7 Å². The maximum absolute atomic E-state index is 13.1. The Labute approximate surface area is 163 Å². The normalized spacial score (nSPS) is 23.5. The van der Waals surface area contributed by atoms with Gasteiger partial charge in [-0.15, -0.1) is 0 Å². The Balaban J connectivity index is 1.47. The van der Waals surface area contributed by atoms with Crippen LogP contribution in [0.5, 0.6) is 0 Å². The van der Waals surface area contributed by atoms with E-state index in [0.717, 1.165) is 44.1 Å². The quantitative estimate of drug-likeness (QED) is 0.848. The summed E-state index contributed by atoms with van der Waals surface area (Å²) in [7, 11) is 0. The summed E-state index contributed by atoms with van der Waals surface area (Å²) in [5.41, 5.74) is 1.01. The first-order chi connectivity index (χ1) is 13.7. The van der Waals surface area contributed by atoms with E-state index in [0.29, 0.717) is 18.2 Å². The van der Waals surface area contributed by atoms with Crippen LogP contribution in [0, 0.1) is 0 Å². The Morgan fingerprint density at radius 2 is 2.14 bits per heavy atom. The number of amides is 2. The second-order valence-corrected chi connectivity index (χ2v) is 7.42. The maximum Gasteiger partial charge on any atom is 0.329 e. The third kappa shape index (κ3) is 3.01. The van der Waals surface area contributed by atoms with E-state index >= 15 is 0 Å². The zero-order chi connectivity index (χ0) is 19.1. The molecule has 0 saturated carbocycles. The lowest BCUT2D eigenvalue weighted by molar-refractivity contribution is 0.0529. The summed E-state index contributed by atoms with van der Waals surface area (Å²) in [6.45, 7) is 6.11. The van der Waals surface area contributed by atoms with Crippen molar-refractivity contribution in [2.45, 2.75) is 25.5 Å². The lowest BCUT2D eigenvalue weighted by atomic mass is 10.2. The first-order valence-corrected chi connectivity index (χ1v) is 9.68. The molecule has 2 aromatic heterocycles. The SMILES string of the molecule is C[C@@H]1CN(c2ccc3c(n2)N(C(=O)Nc2cnccn2)C2CCN3C2)CCO1. The number of urea groups is 1. The third-order valence-corrected chi connectivity index (χ3v) is 5.52. The zero-order valence-corrected chi connectivity index (χ0v) is 15.8. The fraction of sp³-hybridized carbons (Fsp3) is 0.474. The van der Waals surface area contributed by atoms with Gasteiger partial charge in [-0.05, 0) is 25.5 Å². The number of fused-ring (bicyclic) bond motifs is 4. The molecule has 1 N–H and O–H groups in total. The molecule has 2 fully saturated rings. The molecular weight excluding hydrogens is 358 g/mol. The Bertz CT molecular complexity index is 878. The van der Waals surface area contributed by atoms with Crippen molar-refractivity contribution in [2.24, 2.45) is 0 Å². The second-order valence-electron chi connectivity index (χ2n) is 7.42. The number of hydrogen-bond acceptors (Lipinski definition) is 7. The Morgan fingerprint density at radius 3 is 2.96 bits per heavy atom. The standard InChI is InChI=1S/C19H23N7O2/c1-13-11-25(8-9-28-13)17-3-2-15-18(23-17)26(14-4-7-24(15)12-14)19(27)22-16-10-20-5-6-21-16/h2-3,5-6,10,13-14H,4,7-9,11-12H2,1H3,(H,21,22,27)/t13-,14?/m1/s1. The monoisotopic (exact) mass is 381 g/mol. The van der Waals surface area contributed by atoms with Gasteiger partial charge < -0.3 is 14.5 Å². The summed E-state index contributed by atoms with van der Waals surface area (Å²) in [6.07, 6.45) is 5.78. The van der Waals surface area contributed by atoms with Gasteiger partial charge in [0.2, 0.25) is 0 Å². The van der Waals surface area contributed by atoms with Crippen LogP contribution in [0.1, 0.15) is 13.3 Å². The second kappa shape index (κ2) is 6.90. The number of carbonyl (C=O) groups is 1. The topological polar surface area (TPSA) is 86.7 Å². The van der Waals surface area contributed by atoms with Crippen molar-refractivity contribution in [2.75, 3.05) is 52.8 Å². The molecule has 0 aliphatic carbocycles. The van der Waals surface area contributed by atoms with Gasteiger partial charge in [0.15, 0.2) is 11.6 Å². The first kappa shape index (κ1) is 17.2. The van der Waals surface area contributed by atoms with E-state index in [2.05, 4.69) is 38.1 Å². The highest BCUT2D eigenvalue weighted by Gasteiger charge is 2.40. The molecular formula is C19H23N7O2. The molecule has 28 heavy (non-hydrogen) atoms. The number of ether oxygens (including phenoxy) is 1. The summed E-state index contributed by atoms with van der Waals surface area (Å²) < 4.78 is 5.65. The van der Waals surface area contributed by atoms with Crippen LogP contribution in [0.2, 0.25) is 0 Å². The predicted molar refractivity (Wildman–Crippen MR) is 106 cm³/mol. The summed E-state index contributed by atoms with van der Waals surface area (Å²) in [5.74, 6) is 2.04. The number of rotatable bonds is 2. The highest BCUT2D eigenvalue weighted by Crippen LogP contribution is 2.40. The van der Waals surface area contributed by atoms with Crippen molar-refractivity contribution in [1.82, 2.24) is 15.0 Å². The number of nitrogens with zero attached hydrogens (tertiary/aromatic N) is 6. The van der Waals surface area contributed by atoms with Gasteiger partial charge in [0.1, 0.15) is 5.82 Å². The van der Waals surface area contributed by atoms with E-state index < -0.39 is 0 Å². The maximum atomic E-state index is 13.1. The van der Waals surface area contributed by atoms with Crippen LogP contribution >= 0.6 is 0 Å². The van der Waals surface area contributed by atoms with E-state index in [1.54, 1.807) is 23.5 Å². The number of aromatic nitrogens is 3. The van der Waals surface area contributed by atoms with Gasteiger partial charge in [-0.3, -0.25) is 15.2 Å². The molecule has 5 heterocycles. The molecule has 5 rings (SSSR count). The number of nitrogens with one attached hydrogen (secondary N) is 1. The van der Waals surface area contributed by atoms with E-state index in [1.165, 1.54) is 0 Å². The molecule has 146 valence electrons. The van der Waals surface area contributed by atoms with E-state index in [9.17, 15) is 4.79 Å². The molecule has 0 aromatic carbocycles. The molecule has 0 spiro atoms. The van der Waals surface area contributed by atoms with E-state index in [1.807, 2.05) is 6.07 Å². The molecule has 3 aliphatic heterocycles. The van der Waals surface area contributed by atoms with E-state index in [-0.39, 0.29) is 18.2 Å². The van der Waals surface area contributed by atoms with Crippen LogP contribution < -0.4 is 20.0 Å². The average Bonchev–Trinajstić information content (AvgIpc) is 3.13. The lowest BCUT2D eigenvalue weighted by Gasteiger charge is -2.37. The number of carbonyl (C=O) groups excluding carboxylic acids is 1. The number of pyridine rings is 1. The van der Waals surface area contributed by atoms with Crippen molar-refractivity contribution >= 4 is 29.2 Å². The minimum Gasteiger partial charge on any atom is -0.375 e. The van der Waals surface area contributed by atoms with Gasteiger partial charge in [-0.25, -0.2) is 14.8 Å². The van der Waals surface area contributed by atoms with Gasteiger partial charge in [-0.1, -0.05) is 0 Å². The van der Waals surface area contributed by atoms with Gasteiger partial charge in [0.05, 0.1) is 30.6 Å². The van der Waals surface area contributed by atoms with Crippen molar-refractivity contribution in [1.29, 1.82) is 0 Å². The molecule has 9 nitrogen and oxygen atoms in total. The Morgan fingerprint density at radius 1 is 1.21 bits per heavy atom. The molecule has 2 atom stereocenters. The molecule has 1 unspecified atom stereocenters. The highest BCUT2D eigenvalue weighted by atomic mass is 16.5. The van der Waals surface area contributed by atoms with Crippen molar-refractivity contribution in [3.05, 3.63) is 30.7 Å². The third-order valence-electron chi connectivity index (χ3n) is 5.52. The van der Waals surface area contributed by atoms with Crippen LogP contribution in [0.3, 0.4) is 0 Å². The smallest absolute Gasteiger partial charge is 0.329 e. The molecule has 2 aromatic rings. The minimum absolute atomic E-state index is 0.107. The molecule has 2 bridgehead atoms. The summed E-state index contributed by atoms with van der Waals surface area (Å²) >= 11 is 0. The Kier molecular flexibility index (Phi) is 4.23. The van der Waals surface area contributed by atoms with Gasteiger partial charge in [-0.2, -0.15) is 0 Å². The van der Waals surface area contributed by atoms with E-state index in [4.69, 9.17) is 9.72 Å². The summed E-state index contributed by atoms with van der Waals surface area (Å²) in [6, 6.07) is 4.03. The number of morpholine rings is 1. The molecule has 0 radical (unpaired) electrons. The molecule has 9 heteroatoms. The molecule has 2 saturated heterocycles. The van der Waals surface area contributed by atoms with Gasteiger partial charge in [0, 0.05) is 38.6 Å². The number of hydrogen-bond donors (Lipinski definition) is 1. The van der Waals surface area contributed by atoms with Crippen molar-refractivity contribution < 1.29 is 9.53 Å². The highest BCUT2D eigenvalue weighted by molar-refractivity contribution is 6.04. The lowest BCUT2D eigenvalue weighted by Crippen LogP contribution is -2.49. The van der Waals surface area contributed by atoms with Crippen molar-refractivity contribution in [3.63, 3.8) is 0 Å². The fourth-order valence-electron chi connectivity index (χ4n) is 4.20. The fourth-order valence-corrected chi connectivity index (χ4v) is 4.20. The molecule has 2 amide bonds. The first-order valence-electron chi connectivity index (χ1n) is 9.68. The van der Waals surface area contributed by atoms with Crippen molar-refractivity contribution in [3.8, 4) is 0 Å². The van der Waals surface area contributed by atoms with Crippen LogP contribution in [0.4, 0.5) is 27.9 Å². The van der Waals surface area contributed by atoms with Crippen LogP contribution in [-0.4, -0.2) is 65.9 Å². The Hall–Kier alpha value is -2.94. The molecule has 3 aliphatic rings. The summed E-state index contributed by atoms with van der Waals surface area (Å²) in [5, 5.41) is 2.86. The average molecular weight is 381 g/mol. The van der Waals surface area contributed by atoms with Gasteiger partial charge in [0.25, 0.3) is 0 Å². The van der Waals surface area contributed by atoms with Gasteiger partial charge >= 0.3 is 6.03 Å². The summed E-state index contributed by atoms with van der Waals surface area (Å²) in [4.78, 5) is 32.5. The predicted octanol–water partition coefficient (Wildman–Crippen LogP) is 1.73. The minimum atomic E-state index is -0.215. The van der Waals surface area contributed by atoms with Crippen LogP contribution in [-0.2, 0) is 4.74 Å². The van der Waals surface area contributed by atoms with Crippen LogP contribution in [0.25, 0.3) is 0 Å².